The third-order valence-electron chi connectivity index (χ3n) is 9.24. The van der Waals surface area contributed by atoms with Gasteiger partial charge in [-0.2, -0.15) is 9.78 Å². The third kappa shape index (κ3) is 6.78. The molecule has 0 aliphatic carbocycles. The number of hydrogen-bond donors (Lipinski definition) is 0. The van der Waals surface area contributed by atoms with Gasteiger partial charge in [0.1, 0.15) is 17.6 Å². The largest absolute Gasteiger partial charge is 0.473 e. The fourth-order valence-corrected chi connectivity index (χ4v) is 6.46. The number of ether oxygens (including phenoxy) is 1. The number of amides is 1. The van der Waals surface area contributed by atoms with Crippen molar-refractivity contribution in [2.75, 3.05) is 31.1 Å². The molecule has 2 heterocycles. The molecule has 1 aliphatic heterocycles. The molecule has 0 spiro atoms. The number of carbonyl (C=O) groups is 1. The highest BCUT2D eigenvalue weighted by atomic mass is 19.1. The molecular weight excluding hydrogens is 627 g/mol. The Hall–Kier alpha value is -6.02. The molecular formula is C42H37FN4O3. The van der Waals surface area contributed by atoms with E-state index in [9.17, 15) is 9.59 Å². The molecule has 0 N–H and O–H groups in total. The number of benzene rings is 5. The van der Waals surface area contributed by atoms with Crippen LogP contribution in [0.1, 0.15) is 35.6 Å². The first-order valence-electron chi connectivity index (χ1n) is 16.8. The van der Waals surface area contributed by atoms with Crippen LogP contribution in [0, 0.1) is 5.82 Å². The summed E-state index contributed by atoms with van der Waals surface area (Å²) in [6.07, 6.45) is 1.13. The number of hydrogen-bond acceptors (Lipinski definition) is 5. The number of aromatic nitrogens is 2. The second-order valence-corrected chi connectivity index (χ2v) is 12.4. The van der Waals surface area contributed by atoms with E-state index in [4.69, 9.17) is 4.74 Å². The first-order valence-corrected chi connectivity index (χ1v) is 16.8. The van der Waals surface area contributed by atoms with Crippen molar-refractivity contribution in [3.05, 3.63) is 179 Å². The van der Waals surface area contributed by atoms with Crippen LogP contribution in [0.25, 0.3) is 16.8 Å². The average molecular weight is 665 g/mol. The molecule has 1 atom stereocenters. The molecule has 0 bridgehead atoms. The number of para-hydroxylation sites is 1. The van der Waals surface area contributed by atoms with Crippen molar-refractivity contribution >= 4 is 11.6 Å². The molecule has 8 heteroatoms. The van der Waals surface area contributed by atoms with Crippen LogP contribution >= 0.6 is 0 Å². The zero-order valence-corrected chi connectivity index (χ0v) is 27.7. The maximum atomic E-state index is 15.2. The molecule has 1 saturated heterocycles. The van der Waals surface area contributed by atoms with Gasteiger partial charge in [-0.05, 0) is 47.4 Å². The van der Waals surface area contributed by atoms with Crippen molar-refractivity contribution in [3.8, 4) is 22.6 Å². The van der Waals surface area contributed by atoms with Crippen LogP contribution in [0.3, 0.4) is 0 Å². The molecule has 1 fully saturated rings. The van der Waals surface area contributed by atoms with Gasteiger partial charge in [0.05, 0.1) is 17.8 Å². The summed E-state index contributed by atoms with van der Waals surface area (Å²) in [5, 5.41) is 4.56. The van der Waals surface area contributed by atoms with E-state index in [1.165, 1.54) is 10.7 Å². The lowest BCUT2D eigenvalue weighted by atomic mass is 9.95. The smallest absolute Gasteiger partial charge is 0.316 e. The molecule has 7 nitrogen and oxygen atoms in total. The molecule has 0 radical (unpaired) electrons. The maximum absolute atomic E-state index is 15.2. The minimum atomic E-state index is -0.548. The van der Waals surface area contributed by atoms with E-state index in [-0.39, 0.29) is 23.0 Å². The fraction of sp³-hybridized carbons (Fsp3) is 0.167. The zero-order chi connectivity index (χ0) is 34.5. The van der Waals surface area contributed by atoms with E-state index in [0.717, 1.165) is 16.7 Å². The van der Waals surface area contributed by atoms with Crippen LogP contribution in [0.5, 0.6) is 5.75 Å². The average Bonchev–Trinajstić information content (AvgIpc) is 3.18. The summed E-state index contributed by atoms with van der Waals surface area (Å²) in [6, 6.07) is 43.3. The summed E-state index contributed by atoms with van der Waals surface area (Å²) in [5.41, 5.74) is 4.56. The van der Waals surface area contributed by atoms with Gasteiger partial charge in [0.15, 0.2) is 0 Å². The number of halogens is 1. The second kappa shape index (κ2) is 14.6. The molecule has 1 aliphatic rings. The number of carbonyl (C=O) groups excluding carboxylic acids is 1. The Kier molecular flexibility index (Phi) is 9.51. The van der Waals surface area contributed by atoms with Crippen LogP contribution < -0.4 is 15.2 Å². The van der Waals surface area contributed by atoms with E-state index in [2.05, 4.69) is 10.00 Å². The van der Waals surface area contributed by atoms with Gasteiger partial charge in [-0.1, -0.05) is 121 Å². The molecule has 6 aromatic rings. The normalized spacial score (nSPS) is 13.7. The Morgan fingerprint density at radius 1 is 0.720 bits per heavy atom. The summed E-state index contributed by atoms with van der Waals surface area (Å²) in [6.45, 7) is 3.60. The Balaban J connectivity index is 1.15. The van der Waals surface area contributed by atoms with Gasteiger partial charge < -0.3 is 14.5 Å². The van der Waals surface area contributed by atoms with Crippen molar-refractivity contribution in [3.63, 3.8) is 0 Å². The molecule has 250 valence electrons. The molecule has 1 unspecified atom stereocenters. The van der Waals surface area contributed by atoms with Crippen molar-refractivity contribution in [2.45, 2.75) is 18.9 Å². The van der Waals surface area contributed by atoms with E-state index in [1.54, 1.807) is 17.2 Å². The Morgan fingerprint density at radius 2 is 1.28 bits per heavy atom. The SMILES string of the molecule is CC(C(=O)N1CCN(c2cnn(-c3ccccc3)c(=O)c2OC(c2ccccc2)c2ccccc2)CC1)c1ccc(-c2ccccc2)c(F)c1. The predicted molar refractivity (Wildman–Crippen MR) is 194 cm³/mol. The number of piperazine rings is 1. The molecule has 5 aromatic carbocycles. The first-order chi connectivity index (χ1) is 24.5. The summed E-state index contributed by atoms with van der Waals surface area (Å²) in [5.74, 6) is -0.760. The Labute approximate surface area is 290 Å². The maximum Gasteiger partial charge on any atom is 0.316 e. The first kappa shape index (κ1) is 32.5. The summed E-state index contributed by atoms with van der Waals surface area (Å²) in [7, 11) is 0. The van der Waals surface area contributed by atoms with Crippen molar-refractivity contribution < 1.29 is 13.9 Å². The van der Waals surface area contributed by atoms with Crippen molar-refractivity contribution in [2.24, 2.45) is 0 Å². The van der Waals surface area contributed by atoms with Crippen LogP contribution in [0.2, 0.25) is 0 Å². The van der Waals surface area contributed by atoms with Crippen LogP contribution in [0.15, 0.2) is 151 Å². The van der Waals surface area contributed by atoms with Gasteiger partial charge in [0.25, 0.3) is 0 Å². The summed E-state index contributed by atoms with van der Waals surface area (Å²) < 4.78 is 23.3. The van der Waals surface area contributed by atoms with E-state index < -0.39 is 12.0 Å². The number of nitrogens with zero attached hydrogens (tertiary/aromatic N) is 4. The topological polar surface area (TPSA) is 67.7 Å². The van der Waals surface area contributed by atoms with E-state index in [1.807, 2.05) is 134 Å². The highest BCUT2D eigenvalue weighted by Crippen LogP contribution is 2.34. The zero-order valence-electron chi connectivity index (χ0n) is 27.7. The fourth-order valence-electron chi connectivity index (χ4n) is 6.46. The molecule has 1 amide bonds. The van der Waals surface area contributed by atoms with Gasteiger partial charge in [-0.25, -0.2) is 4.39 Å². The monoisotopic (exact) mass is 664 g/mol. The van der Waals surface area contributed by atoms with Gasteiger partial charge in [0.2, 0.25) is 11.7 Å². The highest BCUT2D eigenvalue weighted by molar-refractivity contribution is 5.84. The standard InChI is InChI=1S/C42H37FN4O3/c1-30(34-22-23-36(37(43)28-34)31-14-6-2-7-15-31)41(48)46-26-24-45(25-27-46)38-29-44-47(35-20-12-5-13-21-35)42(49)40(38)50-39(32-16-8-3-9-17-32)33-18-10-4-11-19-33/h2-23,28-30,39H,24-27H2,1H3. The van der Waals surface area contributed by atoms with Gasteiger partial charge in [0, 0.05) is 31.7 Å². The van der Waals surface area contributed by atoms with E-state index >= 15 is 4.39 Å². The van der Waals surface area contributed by atoms with Crippen molar-refractivity contribution in [1.82, 2.24) is 14.7 Å². The van der Waals surface area contributed by atoms with Gasteiger partial charge >= 0.3 is 5.56 Å². The lowest BCUT2D eigenvalue weighted by Gasteiger charge is -2.37. The lowest BCUT2D eigenvalue weighted by molar-refractivity contribution is -0.132. The second-order valence-electron chi connectivity index (χ2n) is 12.4. The minimum absolute atomic E-state index is 0.0705. The summed E-state index contributed by atoms with van der Waals surface area (Å²) in [4.78, 5) is 31.8. The van der Waals surface area contributed by atoms with Gasteiger partial charge in [-0.15, -0.1) is 0 Å². The van der Waals surface area contributed by atoms with Crippen LogP contribution in [0.4, 0.5) is 10.1 Å². The van der Waals surface area contributed by atoms with E-state index in [0.29, 0.717) is 48.7 Å². The van der Waals surface area contributed by atoms with Crippen molar-refractivity contribution in [1.29, 1.82) is 0 Å². The van der Waals surface area contributed by atoms with Crippen LogP contribution in [-0.4, -0.2) is 46.8 Å². The summed E-state index contributed by atoms with van der Waals surface area (Å²) >= 11 is 0. The quantitative estimate of drug-likeness (QED) is 0.159. The Bertz CT molecular complexity index is 2080. The van der Waals surface area contributed by atoms with Crippen LogP contribution in [-0.2, 0) is 4.79 Å². The third-order valence-corrected chi connectivity index (χ3v) is 9.24. The predicted octanol–water partition coefficient (Wildman–Crippen LogP) is 7.66. The molecule has 0 saturated carbocycles. The Morgan fingerprint density at radius 3 is 1.86 bits per heavy atom. The highest BCUT2D eigenvalue weighted by Gasteiger charge is 2.30. The molecule has 50 heavy (non-hydrogen) atoms. The number of anilines is 1. The van der Waals surface area contributed by atoms with Gasteiger partial charge in [-0.3, -0.25) is 9.59 Å². The lowest BCUT2D eigenvalue weighted by Crippen LogP contribution is -2.50. The molecule has 1 aromatic heterocycles. The number of rotatable bonds is 9. The molecule has 7 rings (SSSR count). The minimum Gasteiger partial charge on any atom is -0.473 e.